The van der Waals surface area contributed by atoms with Crippen LogP contribution in [0.25, 0.3) is 10.9 Å². The summed E-state index contributed by atoms with van der Waals surface area (Å²) in [6, 6.07) is 16.7. The summed E-state index contributed by atoms with van der Waals surface area (Å²) < 4.78 is 2.26. The molecule has 2 aromatic carbocycles. The summed E-state index contributed by atoms with van der Waals surface area (Å²) in [6.45, 7) is 11.4. The standard InChI is InChI=1S/C27H34BN3O/c1-21-26(22(2)32)24-11-6-12-25(28)27(24)31(21)17-8-16-29-14-7-15-30(20-19-29)18-13-23-9-4-3-5-10-23/h3-6,9-12H,7-8,13-20H2,1-2H3. The molecule has 1 fully saturated rings. The van der Waals surface area contributed by atoms with E-state index < -0.39 is 0 Å². The number of Topliss-reactive ketones (excluding diaryl/α,β-unsaturated/α-hetero) is 1. The highest BCUT2D eigenvalue weighted by Crippen LogP contribution is 2.25. The number of fused-ring (bicyclic) bond motifs is 1. The predicted octanol–water partition coefficient (Wildman–Crippen LogP) is 3.59. The van der Waals surface area contributed by atoms with Crippen molar-refractivity contribution in [1.82, 2.24) is 14.4 Å². The van der Waals surface area contributed by atoms with Crippen LogP contribution in [0.1, 0.15) is 41.4 Å². The summed E-state index contributed by atoms with van der Waals surface area (Å²) in [7, 11) is 6.31. The van der Waals surface area contributed by atoms with Gasteiger partial charge in [-0.2, -0.15) is 0 Å². The van der Waals surface area contributed by atoms with Crippen molar-refractivity contribution in [3.8, 4) is 0 Å². The second-order valence-electron chi connectivity index (χ2n) is 9.04. The van der Waals surface area contributed by atoms with Crippen LogP contribution in [0.4, 0.5) is 0 Å². The molecule has 5 heteroatoms. The number of carbonyl (C=O) groups excluding carboxylic acids is 1. The minimum absolute atomic E-state index is 0.111. The Hall–Kier alpha value is -2.37. The maximum Gasteiger partial charge on any atom is 0.162 e. The van der Waals surface area contributed by atoms with Crippen molar-refractivity contribution in [1.29, 1.82) is 0 Å². The third-order valence-corrected chi connectivity index (χ3v) is 6.82. The molecule has 0 atom stereocenters. The third-order valence-electron chi connectivity index (χ3n) is 6.82. The topological polar surface area (TPSA) is 28.5 Å². The van der Waals surface area contributed by atoms with E-state index in [-0.39, 0.29) is 5.78 Å². The maximum absolute atomic E-state index is 12.3. The van der Waals surface area contributed by atoms with Gasteiger partial charge in [-0.25, -0.2) is 0 Å². The van der Waals surface area contributed by atoms with Gasteiger partial charge < -0.3 is 14.4 Å². The van der Waals surface area contributed by atoms with Gasteiger partial charge in [-0.05, 0) is 58.3 Å². The highest BCUT2D eigenvalue weighted by Gasteiger charge is 2.19. The maximum atomic E-state index is 12.3. The average Bonchev–Trinajstić information content (AvgIpc) is 2.92. The molecule has 0 bridgehead atoms. The van der Waals surface area contributed by atoms with Crippen LogP contribution in [0.5, 0.6) is 0 Å². The van der Waals surface area contributed by atoms with Gasteiger partial charge in [-0.1, -0.05) is 54.0 Å². The van der Waals surface area contributed by atoms with Crippen LogP contribution >= 0.6 is 0 Å². The van der Waals surface area contributed by atoms with Crippen molar-refractivity contribution in [3.63, 3.8) is 0 Å². The highest BCUT2D eigenvalue weighted by molar-refractivity contribution is 6.39. The van der Waals surface area contributed by atoms with E-state index in [1.54, 1.807) is 6.92 Å². The molecule has 2 heterocycles. The molecule has 4 nitrogen and oxygen atoms in total. The molecule has 1 aliphatic rings. The van der Waals surface area contributed by atoms with Crippen LogP contribution in [-0.4, -0.2) is 67.3 Å². The minimum Gasteiger partial charge on any atom is -0.345 e. The molecule has 0 amide bonds. The van der Waals surface area contributed by atoms with Crippen molar-refractivity contribution in [2.75, 3.05) is 39.3 Å². The number of aryl methyl sites for hydroxylation is 1. The molecular weight excluding hydrogens is 393 g/mol. The Morgan fingerprint density at radius 1 is 0.906 bits per heavy atom. The Kier molecular flexibility index (Phi) is 7.49. The number of rotatable bonds is 8. The van der Waals surface area contributed by atoms with Gasteiger partial charge in [-0.15, -0.1) is 0 Å². The van der Waals surface area contributed by atoms with E-state index >= 15 is 0 Å². The van der Waals surface area contributed by atoms with Crippen LogP contribution in [0.2, 0.25) is 0 Å². The number of nitrogens with zero attached hydrogens (tertiary/aromatic N) is 3. The molecule has 2 radical (unpaired) electrons. The number of carbonyl (C=O) groups is 1. The van der Waals surface area contributed by atoms with Gasteiger partial charge in [0.25, 0.3) is 0 Å². The molecular formula is C27H34BN3O. The molecule has 0 unspecified atom stereocenters. The van der Waals surface area contributed by atoms with Crippen LogP contribution in [0.15, 0.2) is 48.5 Å². The average molecular weight is 427 g/mol. The lowest BCUT2D eigenvalue weighted by Gasteiger charge is -2.22. The van der Waals surface area contributed by atoms with Crippen molar-refractivity contribution >= 4 is 30.0 Å². The van der Waals surface area contributed by atoms with E-state index in [4.69, 9.17) is 7.85 Å². The molecule has 0 saturated carbocycles. The quantitative estimate of drug-likeness (QED) is 0.407. The van der Waals surface area contributed by atoms with Crippen LogP contribution in [0, 0.1) is 6.92 Å². The smallest absolute Gasteiger partial charge is 0.162 e. The van der Waals surface area contributed by atoms with Gasteiger partial charge in [-0.3, -0.25) is 4.79 Å². The van der Waals surface area contributed by atoms with Crippen molar-refractivity contribution in [3.05, 3.63) is 65.4 Å². The SMILES string of the molecule is [B]c1cccc2c(C(C)=O)c(C)n(CCCN3CCCN(CCc4ccccc4)CC3)c12. The number of hydrogen-bond acceptors (Lipinski definition) is 3. The van der Waals surface area contributed by atoms with Crippen LogP contribution in [-0.2, 0) is 13.0 Å². The summed E-state index contributed by atoms with van der Waals surface area (Å²) in [4.78, 5) is 17.5. The molecule has 1 saturated heterocycles. The number of aromatic nitrogens is 1. The zero-order chi connectivity index (χ0) is 22.5. The lowest BCUT2D eigenvalue weighted by molar-refractivity contribution is 0.101. The largest absolute Gasteiger partial charge is 0.345 e. The van der Waals surface area contributed by atoms with Crippen molar-refractivity contribution < 1.29 is 4.79 Å². The fourth-order valence-corrected chi connectivity index (χ4v) is 5.14. The normalized spacial score (nSPS) is 15.8. The Morgan fingerprint density at radius 2 is 1.62 bits per heavy atom. The summed E-state index contributed by atoms with van der Waals surface area (Å²) in [5.74, 6) is 0.111. The highest BCUT2D eigenvalue weighted by atomic mass is 16.1. The van der Waals surface area contributed by atoms with Crippen LogP contribution < -0.4 is 5.46 Å². The second kappa shape index (κ2) is 10.5. The number of hydrogen-bond donors (Lipinski definition) is 0. The molecule has 1 aromatic heterocycles. The Bertz CT molecular complexity index is 1060. The fourth-order valence-electron chi connectivity index (χ4n) is 5.14. The Morgan fingerprint density at radius 3 is 2.34 bits per heavy atom. The fraction of sp³-hybridized carbons (Fsp3) is 0.444. The summed E-state index contributed by atoms with van der Waals surface area (Å²) >= 11 is 0. The van der Waals surface area contributed by atoms with Gasteiger partial charge >= 0.3 is 0 Å². The predicted molar refractivity (Wildman–Crippen MR) is 134 cm³/mol. The molecule has 32 heavy (non-hydrogen) atoms. The van der Waals surface area contributed by atoms with Gasteiger partial charge in [0.2, 0.25) is 0 Å². The van der Waals surface area contributed by atoms with Crippen molar-refractivity contribution in [2.24, 2.45) is 0 Å². The number of ketones is 1. The summed E-state index contributed by atoms with van der Waals surface area (Å²) in [6.07, 6.45) is 3.41. The van der Waals surface area contributed by atoms with Gasteiger partial charge in [0, 0.05) is 48.3 Å². The molecule has 166 valence electrons. The molecule has 0 aliphatic carbocycles. The molecule has 0 N–H and O–H groups in total. The second-order valence-corrected chi connectivity index (χ2v) is 9.04. The first-order valence-electron chi connectivity index (χ1n) is 11.9. The van der Waals surface area contributed by atoms with Gasteiger partial charge in [0.05, 0.1) is 0 Å². The summed E-state index contributed by atoms with van der Waals surface area (Å²) in [5, 5.41) is 0.985. The van der Waals surface area contributed by atoms with Crippen LogP contribution in [0.3, 0.4) is 0 Å². The molecule has 0 spiro atoms. The first-order valence-corrected chi connectivity index (χ1v) is 11.9. The van der Waals surface area contributed by atoms with E-state index in [0.29, 0.717) is 0 Å². The monoisotopic (exact) mass is 427 g/mol. The number of benzene rings is 2. The van der Waals surface area contributed by atoms with E-state index in [9.17, 15) is 4.79 Å². The Balaban J connectivity index is 1.33. The van der Waals surface area contributed by atoms with E-state index in [0.717, 1.165) is 79.7 Å². The molecule has 4 rings (SSSR count). The van der Waals surface area contributed by atoms with Gasteiger partial charge in [0.15, 0.2) is 5.78 Å². The van der Waals surface area contributed by atoms with Gasteiger partial charge in [0.1, 0.15) is 7.85 Å². The molecule has 1 aliphatic heterocycles. The van der Waals surface area contributed by atoms with Crippen molar-refractivity contribution in [2.45, 2.75) is 39.7 Å². The Labute approximate surface area is 193 Å². The lowest BCUT2D eigenvalue weighted by Crippen LogP contribution is -2.32. The van der Waals surface area contributed by atoms with E-state index in [1.165, 1.54) is 18.5 Å². The molecule has 3 aromatic rings. The zero-order valence-corrected chi connectivity index (χ0v) is 19.5. The summed E-state index contributed by atoms with van der Waals surface area (Å²) in [5.41, 5.74) is 5.04. The third kappa shape index (κ3) is 5.16. The first kappa shape index (κ1) is 22.8. The number of para-hydroxylation sites is 1. The first-order chi connectivity index (χ1) is 15.5. The van der Waals surface area contributed by atoms with E-state index in [1.807, 2.05) is 25.1 Å². The minimum atomic E-state index is 0.111. The lowest BCUT2D eigenvalue weighted by atomic mass is 9.93. The zero-order valence-electron chi connectivity index (χ0n) is 19.5. The van der Waals surface area contributed by atoms with E-state index in [2.05, 4.69) is 44.7 Å².